The van der Waals surface area contributed by atoms with Gasteiger partial charge in [-0.15, -0.1) is 0 Å². The molecule has 1 aromatic heterocycles. The van der Waals surface area contributed by atoms with Crippen molar-refractivity contribution < 1.29 is 9.32 Å². The first kappa shape index (κ1) is 9.24. The van der Waals surface area contributed by atoms with Crippen LogP contribution in [-0.4, -0.2) is 23.0 Å². The summed E-state index contributed by atoms with van der Waals surface area (Å²) in [5.41, 5.74) is 0.861. The van der Waals surface area contributed by atoms with Gasteiger partial charge in [-0.3, -0.25) is 4.79 Å². The number of aromatic nitrogens is 1. The lowest BCUT2D eigenvalue weighted by molar-refractivity contribution is -0.127. The molecule has 1 aromatic rings. The molecule has 1 aliphatic heterocycles. The van der Waals surface area contributed by atoms with Crippen LogP contribution in [0.15, 0.2) is 10.6 Å². The molecule has 0 spiro atoms. The Kier molecular flexibility index (Phi) is 2.06. The van der Waals surface area contributed by atoms with Gasteiger partial charge >= 0.3 is 0 Å². The van der Waals surface area contributed by atoms with Gasteiger partial charge in [0.05, 0.1) is 11.7 Å². The Morgan fingerprint density at radius 3 is 2.79 bits per heavy atom. The van der Waals surface area contributed by atoms with Crippen molar-refractivity contribution in [3.8, 4) is 0 Å². The van der Waals surface area contributed by atoms with Crippen LogP contribution < -0.4 is 0 Å². The molecule has 1 aliphatic rings. The first-order valence-electron chi connectivity index (χ1n) is 4.78. The summed E-state index contributed by atoms with van der Waals surface area (Å²) >= 11 is 0. The van der Waals surface area contributed by atoms with E-state index < -0.39 is 0 Å². The van der Waals surface area contributed by atoms with Crippen molar-refractivity contribution in [2.75, 3.05) is 7.05 Å². The van der Waals surface area contributed by atoms with E-state index in [-0.39, 0.29) is 11.9 Å². The van der Waals surface area contributed by atoms with Crippen LogP contribution in [0.1, 0.15) is 30.8 Å². The molecule has 14 heavy (non-hydrogen) atoms. The number of hydrogen-bond acceptors (Lipinski definition) is 3. The number of nitrogens with zero attached hydrogens (tertiary/aromatic N) is 2. The Labute approximate surface area is 82.9 Å². The quantitative estimate of drug-likeness (QED) is 0.681. The van der Waals surface area contributed by atoms with Crippen LogP contribution in [0.5, 0.6) is 0 Å². The summed E-state index contributed by atoms with van der Waals surface area (Å²) in [5.74, 6) is 1.28. The molecule has 2 rings (SSSR count). The topological polar surface area (TPSA) is 46.3 Å². The van der Waals surface area contributed by atoms with Crippen molar-refractivity contribution in [2.45, 2.75) is 26.3 Å². The molecule has 0 saturated carbocycles. The average Bonchev–Trinajstić information content (AvgIpc) is 2.60. The van der Waals surface area contributed by atoms with E-state index in [1.807, 2.05) is 20.0 Å². The largest absolute Gasteiger partial charge is 0.359 e. The minimum atomic E-state index is 0.0590. The highest BCUT2D eigenvalue weighted by Crippen LogP contribution is 2.36. The fourth-order valence-corrected chi connectivity index (χ4v) is 2.06. The summed E-state index contributed by atoms with van der Waals surface area (Å²) in [6, 6.07) is 1.96. The molecule has 1 saturated heterocycles. The summed E-state index contributed by atoms with van der Waals surface area (Å²) in [5, 5.41) is 3.84. The van der Waals surface area contributed by atoms with Crippen LogP contribution >= 0.6 is 0 Å². The monoisotopic (exact) mass is 194 g/mol. The second-order valence-corrected chi connectivity index (χ2v) is 4.00. The van der Waals surface area contributed by atoms with Gasteiger partial charge in [-0.2, -0.15) is 0 Å². The smallest absolute Gasteiger partial charge is 0.223 e. The van der Waals surface area contributed by atoms with Crippen molar-refractivity contribution >= 4 is 5.91 Å². The van der Waals surface area contributed by atoms with E-state index in [1.165, 1.54) is 0 Å². The first-order valence-corrected chi connectivity index (χ1v) is 4.78. The molecular formula is C10H14N2O2. The lowest BCUT2D eigenvalue weighted by Gasteiger charge is -2.19. The van der Waals surface area contributed by atoms with Crippen LogP contribution in [0.25, 0.3) is 0 Å². The second kappa shape index (κ2) is 3.12. The molecule has 4 nitrogen and oxygen atoms in total. The van der Waals surface area contributed by atoms with Crippen molar-refractivity contribution in [3.05, 3.63) is 17.5 Å². The summed E-state index contributed by atoms with van der Waals surface area (Å²) in [6.07, 6.45) is 0.598. The Morgan fingerprint density at radius 2 is 2.36 bits per heavy atom. The van der Waals surface area contributed by atoms with Crippen molar-refractivity contribution in [1.29, 1.82) is 0 Å². The molecule has 0 aliphatic carbocycles. The van der Waals surface area contributed by atoms with Gasteiger partial charge < -0.3 is 9.42 Å². The lowest BCUT2D eigenvalue weighted by atomic mass is 10.0. The maximum atomic E-state index is 11.4. The number of hydrogen-bond donors (Lipinski definition) is 0. The van der Waals surface area contributed by atoms with E-state index in [0.717, 1.165) is 11.5 Å². The Balaban J connectivity index is 2.30. The molecular weight excluding hydrogens is 180 g/mol. The van der Waals surface area contributed by atoms with Crippen LogP contribution in [0, 0.1) is 12.8 Å². The van der Waals surface area contributed by atoms with Crippen LogP contribution in [0.4, 0.5) is 0 Å². The van der Waals surface area contributed by atoms with E-state index in [1.54, 1.807) is 4.90 Å². The molecule has 0 aromatic carbocycles. The number of carbonyl (C=O) groups excluding carboxylic acids is 1. The molecule has 2 atom stereocenters. The predicted molar refractivity (Wildman–Crippen MR) is 50.5 cm³/mol. The second-order valence-electron chi connectivity index (χ2n) is 4.00. The maximum absolute atomic E-state index is 11.4. The van der Waals surface area contributed by atoms with Gasteiger partial charge in [0.15, 0.2) is 5.76 Å². The minimum absolute atomic E-state index is 0.0590. The van der Waals surface area contributed by atoms with Crippen LogP contribution in [0.3, 0.4) is 0 Å². The fraction of sp³-hybridized carbons (Fsp3) is 0.600. The third kappa shape index (κ3) is 1.31. The normalized spacial score (nSPS) is 27.4. The predicted octanol–water partition coefficient (Wildman–Crippen LogP) is 1.52. The Bertz CT molecular complexity index is 359. The molecule has 1 fully saturated rings. The van der Waals surface area contributed by atoms with Crippen LogP contribution in [-0.2, 0) is 4.79 Å². The van der Waals surface area contributed by atoms with E-state index in [0.29, 0.717) is 12.3 Å². The van der Waals surface area contributed by atoms with Gasteiger partial charge in [-0.25, -0.2) is 0 Å². The van der Waals surface area contributed by atoms with Crippen LogP contribution in [0.2, 0.25) is 0 Å². The standard InChI is InChI=1S/C10H14N2O2/c1-6-4-9(13)12(3)10(6)8-5-7(2)11-14-8/h5-6,10H,4H2,1-3H3. The van der Waals surface area contributed by atoms with Gasteiger partial charge in [0.1, 0.15) is 0 Å². The zero-order chi connectivity index (χ0) is 10.3. The highest BCUT2D eigenvalue weighted by molar-refractivity contribution is 5.79. The first-order chi connectivity index (χ1) is 6.59. The number of aryl methyl sites for hydroxylation is 1. The molecule has 2 unspecified atom stereocenters. The van der Waals surface area contributed by atoms with E-state index in [9.17, 15) is 4.79 Å². The third-order valence-corrected chi connectivity index (χ3v) is 2.78. The Morgan fingerprint density at radius 1 is 1.64 bits per heavy atom. The van der Waals surface area contributed by atoms with Gasteiger partial charge in [-0.05, 0) is 12.8 Å². The third-order valence-electron chi connectivity index (χ3n) is 2.78. The number of amides is 1. The molecule has 1 amide bonds. The number of rotatable bonds is 1. The number of likely N-dealkylation sites (tertiary alicyclic amines) is 1. The summed E-state index contributed by atoms with van der Waals surface area (Å²) in [4.78, 5) is 13.2. The van der Waals surface area contributed by atoms with Crippen molar-refractivity contribution in [3.63, 3.8) is 0 Å². The van der Waals surface area contributed by atoms with Gasteiger partial charge in [0.25, 0.3) is 0 Å². The van der Waals surface area contributed by atoms with E-state index in [2.05, 4.69) is 12.1 Å². The highest BCUT2D eigenvalue weighted by atomic mass is 16.5. The molecule has 2 heterocycles. The Hall–Kier alpha value is -1.32. The van der Waals surface area contributed by atoms with Crippen molar-refractivity contribution in [1.82, 2.24) is 10.1 Å². The molecule has 4 heteroatoms. The summed E-state index contributed by atoms with van der Waals surface area (Å²) in [7, 11) is 1.81. The fourth-order valence-electron chi connectivity index (χ4n) is 2.06. The van der Waals surface area contributed by atoms with Crippen molar-refractivity contribution in [2.24, 2.45) is 5.92 Å². The highest BCUT2D eigenvalue weighted by Gasteiger charge is 2.37. The zero-order valence-corrected chi connectivity index (χ0v) is 8.65. The summed E-state index contributed by atoms with van der Waals surface area (Å²) < 4.78 is 5.19. The molecule has 0 N–H and O–H groups in total. The van der Waals surface area contributed by atoms with Gasteiger partial charge in [-0.1, -0.05) is 12.1 Å². The molecule has 0 radical (unpaired) electrons. The molecule has 0 bridgehead atoms. The average molecular weight is 194 g/mol. The minimum Gasteiger partial charge on any atom is -0.359 e. The number of carbonyl (C=O) groups is 1. The molecule has 76 valence electrons. The zero-order valence-electron chi connectivity index (χ0n) is 8.65. The summed E-state index contributed by atoms with van der Waals surface area (Å²) in [6.45, 7) is 3.94. The van der Waals surface area contributed by atoms with E-state index >= 15 is 0 Å². The lowest BCUT2D eigenvalue weighted by Crippen LogP contribution is -2.23. The van der Waals surface area contributed by atoms with E-state index in [4.69, 9.17) is 4.52 Å². The SMILES string of the molecule is Cc1cc(C2C(C)CC(=O)N2C)on1. The van der Waals surface area contributed by atoms with Gasteiger partial charge in [0.2, 0.25) is 5.91 Å². The van der Waals surface area contributed by atoms with Gasteiger partial charge in [0, 0.05) is 19.5 Å². The maximum Gasteiger partial charge on any atom is 0.223 e.